The summed E-state index contributed by atoms with van der Waals surface area (Å²) in [6.45, 7) is 0. The number of benzene rings is 2. The van der Waals surface area contributed by atoms with Crippen LogP contribution in [0.1, 0.15) is 38.5 Å². The van der Waals surface area contributed by atoms with E-state index in [0.717, 1.165) is 35.7 Å². The zero-order valence-corrected chi connectivity index (χ0v) is 9.80. The van der Waals surface area contributed by atoms with Gasteiger partial charge in [-0.25, -0.2) is 0 Å². The molecule has 3 rings (SSSR count). The van der Waals surface area contributed by atoms with Crippen LogP contribution in [0.4, 0.5) is 0 Å². The third kappa shape index (κ3) is 1.50. The van der Waals surface area contributed by atoms with Gasteiger partial charge in [-0.15, -0.1) is 0 Å². The van der Waals surface area contributed by atoms with Crippen molar-refractivity contribution in [1.82, 2.24) is 0 Å². The molecule has 1 unspecified atom stereocenters. The van der Waals surface area contributed by atoms with Crippen molar-refractivity contribution in [3.63, 3.8) is 0 Å². The van der Waals surface area contributed by atoms with Gasteiger partial charge in [0.1, 0.15) is 12.6 Å². The Balaban J connectivity index is 2.27. The number of aldehydes is 2. The average molecular weight is 236 g/mol. The minimum absolute atomic E-state index is 0.314. The Bertz CT molecular complexity index is 629. The zero-order valence-electron chi connectivity index (χ0n) is 9.80. The van der Waals surface area contributed by atoms with E-state index in [4.69, 9.17) is 0 Å². The maximum Gasteiger partial charge on any atom is 0.150 e. The fourth-order valence-corrected chi connectivity index (χ4v) is 2.77. The second-order valence-electron chi connectivity index (χ2n) is 4.53. The Kier molecular flexibility index (Phi) is 2.56. The quantitative estimate of drug-likeness (QED) is 0.751. The van der Waals surface area contributed by atoms with E-state index in [1.54, 1.807) is 6.07 Å². The van der Waals surface area contributed by atoms with E-state index < -0.39 is 0 Å². The first kappa shape index (κ1) is 10.9. The summed E-state index contributed by atoms with van der Waals surface area (Å²) in [5.74, 6) is -0.314. The number of carbonyl (C=O) groups is 2. The molecule has 0 radical (unpaired) electrons. The summed E-state index contributed by atoms with van der Waals surface area (Å²) in [6, 6.07) is 13.6. The molecule has 0 saturated carbocycles. The second-order valence-corrected chi connectivity index (χ2v) is 4.53. The number of carbonyl (C=O) groups excluding carboxylic acids is 2. The molecule has 2 nitrogen and oxygen atoms in total. The molecule has 0 bridgehead atoms. The van der Waals surface area contributed by atoms with Gasteiger partial charge in [-0.3, -0.25) is 4.79 Å². The maximum atomic E-state index is 11.4. The minimum Gasteiger partial charge on any atom is -0.302 e. The van der Waals surface area contributed by atoms with Gasteiger partial charge >= 0.3 is 0 Å². The third-order valence-corrected chi connectivity index (χ3v) is 3.58. The number of fused-ring (bicyclic) bond motifs is 2. The van der Waals surface area contributed by atoms with Crippen LogP contribution in [-0.4, -0.2) is 12.6 Å². The molecule has 0 saturated heterocycles. The van der Waals surface area contributed by atoms with E-state index in [1.165, 1.54) is 5.56 Å². The first-order valence-corrected chi connectivity index (χ1v) is 5.95. The normalized spacial score (nSPS) is 16.6. The van der Waals surface area contributed by atoms with Crippen LogP contribution in [-0.2, 0) is 11.2 Å². The van der Waals surface area contributed by atoms with Gasteiger partial charge in [0.25, 0.3) is 0 Å². The highest BCUT2D eigenvalue weighted by Crippen LogP contribution is 2.36. The van der Waals surface area contributed by atoms with Crippen molar-refractivity contribution in [3.8, 4) is 0 Å². The molecule has 0 aromatic heterocycles. The smallest absolute Gasteiger partial charge is 0.150 e. The summed E-state index contributed by atoms with van der Waals surface area (Å²) < 4.78 is 0. The predicted molar refractivity (Wildman–Crippen MR) is 69.0 cm³/mol. The Hall–Kier alpha value is -2.22. The molecule has 2 aromatic rings. The van der Waals surface area contributed by atoms with Crippen molar-refractivity contribution in [3.05, 3.63) is 70.3 Å². The van der Waals surface area contributed by atoms with Crippen molar-refractivity contribution in [1.29, 1.82) is 0 Å². The third-order valence-electron chi connectivity index (χ3n) is 3.58. The van der Waals surface area contributed by atoms with Gasteiger partial charge in [-0.05, 0) is 28.7 Å². The molecule has 0 N–H and O–H groups in total. The molecule has 0 aliphatic heterocycles. The fourth-order valence-electron chi connectivity index (χ4n) is 2.77. The molecule has 2 aromatic carbocycles. The lowest BCUT2D eigenvalue weighted by Crippen LogP contribution is -2.16. The van der Waals surface area contributed by atoms with Crippen LogP contribution in [0.15, 0.2) is 42.5 Å². The largest absolute Gasteiger partial charge is 0.302 e. The second kappa shape index (κ2) is 4.22. The summed E-state index contributed by atoms with van der Waals surface area (Å²) >= 11 is 0. The summed E-state index contributed by atoms with van der Waals surface area (Å²) in [4.78, 5) is 22.6. The van der Waals surface area contributed by atoms with Gasteiger partial charge in [0.2, 0.25) is 0 Å². The summed E-state index contributed by atoms with van der Waals surface area (Å²) in [7, 11) is 0. The van der Waals surface area contributed by atoms with Gasteiger partial charge in [-0.2, -0.15) is 0 Å². The highest BCUT2D eigenvalue weighted by Gasteiger charge is 2.26. The van der Waals surface area contributed by atoms with Gasteiger partial charge in [-0.1, -0.05) is 42.5 Å². The van der Waals surface area contributed by atoms with Crippen LogP contribution in [0.5, 0.6) is 0 Å². The van der Waals surface area contributed by atoms with Gasteiger partial charge in [0, 0.05) is 5.56 Å². The number of hydrogen-bond donors (Lipinski definition) is 0. The predicted octanol–water partition coefficient (Wildman–Crippen LogP) is 2.73. The molecule has 1 aliphatic carbocycles. The monoisotopic (exact) mass is 236 g/mol. The molecule has 0 spiro atoms. The Morgan fingerprint density at radius 3 is 2.50 bits per heavy atom. The standard InChI is InChI=1S/C16H12O2/c17-9-13-6-3-5-12-8-11-4-1-2-7-14(11)15(10-18)16(12)13/h1-7,9-10,15H,8H2. The van der Waals surface area contributed by atoms with Crippen LogP contribution in [0.25, 0.3) is 0 Å². The lowest BCUT2D eigenvalue weighted by molar-refractivity contribution is -0.108. The van der Waals surface area contributed by atoms with Crippen molar-refractivity contribution in [2.45, 2.75) is 12.3 Å². The van der Waals surface area contributed by atoms with Crippen LogP contribution in [0.2, 0.25) is 0 Å². The van der Waals surface area contributed by atoms with Crippen LogP contribution in [0.3, 0.4) is 0 Å². The van der Waals surface area contributed by atoms with E-state index in [1.807, 2.05) is 36.4 Å². The molecule has 2 heteroatoms. The van der Waals surface area contributed by atoms with E-state index in [0.29, 0.717) is 5.56 Å². The minimum atomic E-state index is -0.314. The van der Waals surface area contributed by atoms with Crippen molar-refractivity contribution in [2.24, 2.45) is 0 Å². The summed E-state index contributed by atoms with van der Waals surface area (Å²) in [6.07, 6.45) is 2.56. The summed E-state index contributed by atoms with van der Waals surface area (Å²) in [5, 5.41) is 0. The molecule has 88 valence electrons. The molecule has 0 fully saturated rings. The number of rotatable bonds is 2. The SMILES string of the molecule is O=Cc1cccc2c1C(C=O)c1ccccc1C2. The Labute approximate surface area is 105 Å². The maximum absolute atomic E-state index is 11.4. The first-order chi connectivity index (χ1) is 8.85. The summed E-state index contributed by atoms with van der Waals surface area (Å²) in [5.41, 5.74) is 4.77. The van der Waals surface area contributed by atoms with Crippen molar-refractivity contribution in [2.75, 3.05) is 0 Å². The topological polar surface area (TPSA) is 34.1 Å². The highest BCUT2D eigenvalue weighted by atomic mass is 16.1. The molecule has 1 atom stereocenters. The van der Waals surface area contributed by atoms with E-state index >= 15 is 0 Å². The lowest BCUT2D eigenvalue weighted by atomic mass is 9.77. The molecular formula is C16H12O2. The van der Waals surface area contributed by atoms with Gasteiger partial charge < -0.3 is 4.79 Å². The van der Waals surface area contributed by atoms with Gasteiger partial charge in [0.15, 0.2) is 0 Å². The highest BCUT2D eigenvalue weighted by molar-refractivity contribution is 5.84. The average Bonchev–Trinajstić information content (AvgIpc) is 2.44. The van der Waals surface area contributed by atoms with Crippen LogP contribution < -0.4 is 0 Å². The van der Waals surface area contributed by atoms with Crippen molar-refractivity contribution >= 4 is 12.6 Å². The lowest BCUT2D eigenvalue weighted by Gasteiger charge is -2.25. The Morgan fingerprint density at radius 2 is 1.72 bits per heavy atom. The van der Waals surface area contributed by atoms with Crippen LogP contribution >= 0.6 is 0 Å². The fraction of sp³-hybridized carbons (Fsp3) is 0.125. The van der Waals surface area contributed by atoms with Gasteiger partial charge in [0.05, 0.1) is 5.92 Å². The van der Waals surface area contributed by atoms with Crippen LogP contribution in [0, 0.1) is 0 Å². The van der Waals surface area contributed by atoms with E-state index in [9.17, 15) is 9.59 Å². The molecule has 0 amide bonds. The van der Waals surface area contributed by atoms with Crippen molar-refractivity contribution < 1.29 is 9.59 Å². The Morgan fingerprint density at radius 1 is 0.944 bits per heavy atom. The molecule has 0 heterocycles. The first-order valence-electron chi connectivity index (χ1n) is 5.95. The zero-order chi connectivity index (χ0) is 12.5. The van der Waals surface area contributed by atoms with E-state index in [2.05, 4.69) is 0 Å². The molecule has 18 heavy (non-hydrogen) atoms. The van der Waals surface area contributed by atoms with E-state index in [-0.39, 0.29) is 5.92 Å². The molecular weight excluding hydrogens is 224 g/mol. The number of hydrogen-bond acceptors (Lipinski definition) is 2. The molecule has 1 aliphatic rings.